The standard InChI is InChI=1S/C18H31NOSi/c1-7-19-13-9-12-15-10-8-11-16(17(15)19)14-20-21(5,6)18(2,3)4/h8,10-11H,7,9,12-14H2,1-6H3. The molecule has 0 unspecified atom stereocenters. The van der Waals surface area contributed by atoms with Crippen molar-refractivity contribution >= 4 is 14.0 Å². The van der Waals surface area contributed by atoms with E-state index in [4.69, 9.17) is 4.43 Å². The van der Waals surface area contributed by atoms with Crippen molar-refractivity contribution in [2.75, 3.05) is 18.0 Å². The Bertz CT molecular complexity index is 490. The average Bonchev–Trinajstić information content (AvgIpc) is 2.43. The van der Waals surface area contributed by atoms with Crippen LogP contribution in [-0.4, -0.2) is 21.4 Å². The molecule has 118 valence electrons. The van der Waals surface area contributed by atoms with Crippen LogP contribution >= 0.6 is 0 Å². The summed E-state index contributed by atoms with van der Waals surface area (Å²) in [6.45, 7) is 16.9. The molecule has 0 amide bonds. The van der Waals surface area contributed by atoms with Crippen LogP contribution in [0.1, 0.15) is 45.2 Å². The Kier molecular flexibility index (Phi) is 4.84. The molecule has 0 bridgehead atoms. The fourth-order valence-electron chi connectivity index (χ4n) is 2.73. The summed E-state index contributed by atoms with van der Waals surface area (Å²) in [4.78, 5) is 2.52. The summed E-state index contributed by atoms with van der Waals surface area (Å²) < 4.78 is 6.45. The zero-order valence-corrected chi connectivity index (χ0v) is 15.6. The van der Waals surface area contributed by atoms with Crippen molar-refractivity contribution in [1.29, 1.82) is 0 Å². The van der Waals surface area contributed by atoms with Crippen molar-refractivity contribution in [3.63, 3.8) is 0 Å². The lowest BCUT2D eigenvalue weighted by molar-refractivity contribution is 0.276. The molecule has 2 rings (SSSR count). The van der Waals surface area contributed by atoms with Gasteiger partial charge in [-0.15, -0.1) is 0 Å². The van der Waals surface area contributed by atoms with E-state index in [0.717, 1.165) is 13.2 Å². The fraction of sp³-hybridized carbons (Fsp3) is 0.667. The third-order valence-electron chi connectivity index (χ3n) is 5.17. The first kappa shape index (κ1) is 16.6. The molecule has 1 aliphatic heterocycles. The summed E-state index contributed by atoms with van der Waals surface area (Å²) in [5, 5.41) is 0.270. The Balaban J connectivity index is 2.22. The average molecular weight is 306 g/mol. The Labute approximate surface area is 131 Å². The lowest BCUT2D eigenvalue weighted by Gasteiger charge is -2.37. The number of anilines is 1. The van der Waals surface area contributed by atoms with Gasteiger partial charge in [0.2, 0.25) is 0 Å². The minimum atomic E-state index is -1.68. The van der Waals surface area contributed by atoms with Crippen LogP contribution in [0.25, 0.3) is 0 Å². The van der Waals surface area contributed by atoms with Gasteiger partial charge in [-0.25, -0.2) is 0 Å². The molecule has 21 heavy (non-hydrogen) atoms. The first-order valence-electron chi connectivity index (χ1n) is 8.26. The lowest BCUT2D eigenvalue weighted by Crippen LogP contribution is -2.40. The fourth-order valence-corrected chi connectivity index (χ4v) is 3.68. The van der Waals surface area contributed by atoms with Gasteiger partial charge in [-0.1, -0.05) is 39.0 Å². The van der Waals surface area contributed by atoms with E-state index >= 15 is 0 Å². The molecule has 1 heterocycles. The lowest BCUT2D eigenvalue weighted by atomic mass is 9.98. The third-order valence-corrected chi connectivity index (χ3v) is 9.65. The quantitative estimate of drug-likeness (QED) is 0.727. The van der Waals surface area contributed by atoms with E-state index in [1.54, 1.807) is 0 Å². The number of benzene rings is 1. The van der Waals surface area contributed by atoms with Crippen LogP contribution in [0.2, 0.25) is 18.1 Å². The first-order valence-corrected chi connectivity index (χ1v) is 11.2. The Hall–Kier alpha value is -0.803. The van der Waals surface area contributed by atoms with E-state index in [1.807, 2.05) is 0 Å². The molecule has 1 aromatic carbocycles. The number of para-hydroxylation sites is 1. The number of hydrogen-bond donors (Lipinski definition) is 0. The minimum absolute atomic E-state index is 0.270. The SMILES string of the molecule is CCN1CCCc2cccc(CO[Si](C)(C)C(C)(C)C)c21. The van der Waals surface area contributed by atoms with Crippen LogP contribution in [0.4, 0.5) is 5.69 Å². The Morgan fingerprint density at radius 2 is 1.95 bits per heavy atom. The molecule has 0 saturated heterocycles. The van der Waals surface area contributed by atoms with Gasteiger partial charge in [-0.05, 0) is 43.5 Å². The van der Waals surface area contributed by atoms with Crippen molar-refractivity contribution in [2.24, 2.45) is 0 Å². The highest BCUT2D eigenvalue weighted by Crippen LogP contribution is 2.38. The molecule has 0 aromatic heterocycles. The molecule has 0 fully saturated rings. The van der Waals surface area contributed by atoms with E-state index in [9.17, 15) is 0 Å². The van der Waals surface area contributed by atoms with Crippen LogP contribution < -0.4 is 4.90 Å². The van der Waals surface area contributed by atoms with E-state index in [2.05, 4.69) is 63.9 Å². The van der Waals surface area contributed by atoms with Crippen LogP contribution in [0, 0.1) is 0 Å². The number of aryl methyl sites for hydroxylation is 1. The van der Waals surface area contributed by atoms with Gasteiger partial charge in [-0.3, -0.25) is 0 Å². The van der Waals surface area contributed by atoms with Gasteiger partial charge in [0.15, 0.2) is 8.32 Å². The van der Waals surface area contributed by atoms with Crippen molar-refractivity contribution in [3.05, 3.63) is 29.3 Å². The van der Waals surface area contributed by atoms with Crippen LogP contribution in [-0.2, 0) is 17.5 Å². The maximum Gasteiger partial charge on any atom is 0.192 e. The predicted octanol–water partition coefficient (Wildman–Crippen LogP) is 4.98. The normalized spacial score (nSPS) is 16.0. The molecule has 2 nitrogen and oxygen atoms in total. The summed E-state index contributed by atoms with van der Waals surface area (Å²) in [7, 11) is -1.68. The third kappa shape index (κ3) is 3.51. The number of rotatable bonds is 4. The van der Waals surface area contributed by atoms with Crippen molar-refractivity contribution < 1.29 is 4.43 Å². The molecular weight excluding hydrogens is 274 g/mol. The van der Waals surface area contributed by atoms with Gasteiger partial charge in [0, 0.05) is 24.3 Å². The maximum absolute atomic E-state index is 6.45. The number of fused-ring (bicyclic) bond motifs is 1. The summed E-state index contributed by atoms with van der Waals surface area (Å²) in [6, 6.07) is 6.73. The van der Waals surface area contributed by atoms with Crippen molar-refractivity contribution in [1.82, 2.24) is 0 Å². The predicted molar refractivity (Wildman–Crippen MR) is 94.6 cm³/mol. The zero-order chi connectivity index (χ0) is 15.7. The second-order valence-corrected chi connectivity index (χ2v) is 12.5. The second kappa shape index (κ2) is 6.13. The van der Waals surface area contributed by atoms with Gasteiger partial charge in [0.25, 0.3) is 0 Å². The molecule has 3 heteroatoms. The molecule has 0 spiro atoms. The van der Waals surface area contributed by atoms with E-state index in [-0.39, 0.29) is 5.04 Å². The molecule has 0 N–H and O–H groups in total. The molecule has 0 radical (unpaired) electrons. The van der Waals surface area contributed by atoms with Crippen molar-refractivity contribution in [2.45, 2.75) is 65.3 Å². The first-order chi connectivity index (χ1) is 9.76. The summed E-state index contributed by atoms with van der Waals surface area (Å²) in [6.07, 6.45) is 2.48. The van der Waals surface area contributed by atoms with E-state index in [1.165, 1.54) is 36.2 Å². The topological polar surface area (TPSA) is 12.5 Å². The molecule has 0 aliphatic carbocycles. The van der Waals surface area contributed by atoms with Gasteiger partial charge in [0.05, 0.1) is 6.61 Å². The zero-order valence-electron chi connectivity index (χ0n) is 14.6. The Morgan fingerprint density at radius 1 is 1.24 bits per heavy atom. The highest BCUT2D eigenvalue weighted by Gasteiger charge is 2.37. The van der Waals surface area contributed by atoms with E-state index < -0.39 is 8.32 Å². The van der Waals surface area contributed by atoms with Crippen LogP contribution in [0.3, 0.4) is 0 Å². The van der Waals surface area contributed by atoms with E-state index in [0.29, 0.717) is 0 Å². The maximum atomic E-state index is 6.45. The van der Waals surface area contributed by atoms with Gasteiger partial charge < -0.3 is 9.33 Å². The highest BCUT2D eigenvalue weighted by molar-refractivity contribution is 6.74. The van der Waals surface area contributed by atoms with Crippen molar-refractivity contribution in [3.8, 4) is 0 Å². The summed E-state index contributed by atoms with van der Waals surface area (Å²) in [5.74, 6) is 0. The van der Waals surface area contributed by atoms with Gasteiger partial charge >= 0.3 is 0 Å². The molecule has 0 saturated carbocycles. The molecular formula is C18H31NOSi. The molecule has 0 atom stereocenters. The Morgan fingerprint density at radius 3 is 2.57 bits per heavy atom. The largest absolute Gasteiger partial charge is 0.412 e. The van der Waals surface area contributed by atoms with Crippen LogP contribution in [0.5, 0.6) is 0 Å². The van der Waals surface area contributed by atoms with Crippen LogP contribution in [0.15, 0.2) is 18.2 Å². The summed E-state index contributed by atoms with van der Waals surface area (Å²) in [5.41, 5.74) is 4.32. The molecule has 1 aliphatic rings. The molecule has 1 aromatic rings. The monoisotopic (exact) mass is 305 g/mol. The smallest absolute Gasteiger partial charge is 0.192 e. The summed E-state index contributed by atoms with van der Waals surface area (Å²) >= 11 is 0. The number of hydrogen-bond acceptors (Lipinski definition) is 2. The second-order valence-electron chi connectivity index (χ2n) is 7.66. The minimum Gasteiger partial charge on any atom is -0.412 e. The van der Waals surface area contributed by atoms with Gasteiger partial charge in [0.1, 0.15) is 0 Å². The highest BCUT2D eigenvalue weighted by atomic mass is 28.4. The van der Waals surface area contributed by atoms with Gasteiger partial charge in [-0.2, -0.15) is 0 Å². The number of nitrogens with zero attached hydrogens (tertiary/aromatic N) is 1.